The summed E-state index contributed by atoms with van der Waals surface area (Å²) >= 11 is 0. The third kappa shape index (κ3) is 2.19. The maximum Gasteiger partial charge on any atom is 0.0363 e. The largest absolute Gasteiger partial charge is 0.399 e. The molecule has 0 heterocycles. The van der Waals surface area contributed by atoms with Gasteiger partial charge in [0.15, 0.2) is 0 Å². The Bertz CT molecular complexity index is 320. The second kappa shape index (κ2) is 3.19. The SMILES string of the molecule is Cc1cc(N)cc(NCC2(C)CC2)c1. The maximum atomic E-state index is 5.77. The first-order chi connectivity index (χ1) is 6.57. The average Bonchev–Trinajstić information content (AvgIpc) is 2.80. The van der Waals surface area contributed by atoms with Crippen LogP contribution in [0.4, 0.5) is 11.4 Å². The topological polar surface area (TPSA) is 38.0 Å². The molecule has 1 aromatic carbocycles. The molecule has 1 aliphatic carbocycles. The molecule has 2 rings (SSSR count). The fourth-order valence-corrected chi connectivity index (χ4v) is 1.62. The fraction of sp³-hybridized carbons (Fsp3) is 0.500. The van der Waals surface area contributed by atoms with E-state index in [2.05, 4.69) is 25.2 Å². The molecule has 2 heteroatoms. The van der Waals surface area contributed by atoms with E-state index in [0.29, 0.717) is 5.41 Å². The standard InChI is InChI=1S/C12H18N2/c1-9-5-10(13)7-11(6-9)14-8-12(2)3-4-12/h5-7,14H,3-4,8,13H2,1-2H3. The molecule has 0 spiro atoms. The zero-order chi connectivity index (χ0) is 10.2. The molecule has 1 aromatic rings. The summed E-state index contributed by atoms with van der Waals surface area (Å²) in [5, 5.41) is 3.45. The molecule has 1 fully saturated rings. The lowest BCUT2D eigenvalue weighted by atomic mass is 10.1. The van der Waals surface area contributed by atoms with Gasteiger partial charge in [0.2, 0.25) is 0 Å². The average molecular weight is 190 g/mol. The predicted octanol–water partition coefficient (Wildman–Crippen LogP) is 2.79. The van der Waals surface area contributed by atoms with Crippen molar-refractivity contribution in [2.75, 3.05) is 17.6 Å². The van der Waals surface area contributed by atoms with Crippen molar-refractivity contribution in [1.29, 1.82) is 0 Å². The van der Waals surface area contributed by atoms with E-state index >= 15 is 0 Å². The highest BCUT2D eigenvalue weighted by Gasteiger charge is 2.36. The van der Waals surface area contributed by atoms with E-state index in [0.717, 1.165) is 17.9 Å². The Kier molecular flexibility index (Phi) is 2.14. The van der Waals surface area contributed by atoms with Crippen molar-refractivity contribution in [2.24, 2.45) is 5.41 Å². The highest BCUT2D eigenvalue weighted by molar-refractivity contribution is 5.56. The molecule has 14 heavy (non-hydrogen) atoms. The lowest BCUT2D eigenvalue weighted by Crippen LogP contribution is -2.11. The van der Waals surface area contributed by atoms with E-state index in [1.165, 1.54) is 18.4 Å². The van der Waals surface area contributed by atoms with Crippen LogP contribution in [0, 0.1) is 12.3 Å². The summed E-state index contributed by atoms with van der Waals surface area (Å²) in [6.07, 6.45) is 2.70. The van der Waals surface area contributed by atoms with Crippen LogP contribution >= 0.6 is 0 Å². The molecule has 0 aromatic heterocycles. The number of anilines is 2. The van der Waals surface area contributed by atoms with Gasteiger partial charge in [0.05, 0.1) is 0 Å². The molecular weight excluding hydrogens is 172 g/mol. The van der Waals surface area contributed by atoms with E-state index < -0.39 is 0 Å². The van der Waals surface area contributed by atoms with Crippen molar-refractivity contribution in [3.63, 3.8) is 0 Å². The molecule has 0 amide bonds. The Balaban J connectivity index is 2.01. The molecule has 0 saturated heterocycles. The summed E-state index contributed by atoms with van der Waals surface area (Å²) in [5.41, 5.74) is 9.52. The van der Waals surface area contributed by atoms with E-state index in [1.807, 2.05) is 12.1 Å². The highest BCUT2D eigenvalue weighted by atomic mass is 14.9. The van der Waals surface area contributed by atoms with Crippen LogP contribution in [0.15, 0.2) is 18.2 Å². The number of hydrogen-bond acceptors (Lipinski definition) is 2. The minimum Gasteiger partial charge on any atom is -0.399 e. The number of rotatable bonds is 3. The van der Waals surface area contributed by atoms with Gasteiger partial charge in [-0.15, -0.1) is 0 Å². The Morgan fingerprint density at radius 2 is 2.07 bits per heavy atom. The van der Waals surface area contributed by atoms with Gasteiger partial charge >= 0.3 is 0 Å². The summed E-state index contributed by atoms with van der Waals surface area (Å²) in [7, 11) is 0. The van der Waals surface area contributed by atoms with Crippen molar-refractivity contribution in [3.8, 4) is 0 Å². The van der Waals surface area contributed by atoms with Crippen molar-refractivity contribution in [3.05, 3.63) is 23.8 Å². The van der Waals surface area contributed by atoms with Crippen LogP contribution in [0.1, 0.15) is 25.3 Å². The Hall–Kier alpha value is -1.18. The summed E-state index contributed by atoms with van der Waals surface area (Å²) in [6, 6.07) is 6.13. The minimum atomic E-state index is 0.540. The molecule has 2 nitrogen and oxygen atoms in total. The van der Waals surface area contributed by atoms with Gasteiger partial charge in [-0.3, -0.25) is 0 Å². The third-order valence-corrected chi connectivity index (χ3v) is 2.92. The molecular formula is C12H18N2. The van der Waals surface area contributed by atoms with Crippen LogP contribution in [0.5, 0.6) is 0 Å². The summed E-state index contributed by atoms with van der Waals surface area (Å²) in [6.45, 7) is 5.45. The Morgan fingerprint density at radius 1 is 1.36 bits per heavy atom. The van der Waals surface area contributed by atoms with Crippen LogP contribution in [0.25, 0.3) is 0 Å². The van der Waals surface area contributed by atoms with Gasteiger partial charge < -0.3 is 11.1 Å². The number of aryl methyl sites for hydroxylation is 1. The molecule has 1 saturated carbocycles. The van der Waals surface area contributed by atoms with E-state index in [1.54, 1.807) is 0 Å². The lowest BCUT2D eigenvalue weighted by molar-refractivity contribution is 0.611. The normalized spacial score (nSPS) is 17.9. The van der Waals surface area contributed by atoms with E-state index in [-0.39, 0.29) is 0 Å². The number of nitrogens with one attached hydrogen (secondary N) is 1. The van der Waals surface area contributed by atoms with Gasteiger partial charge in [-0.05, 0) is 48.9 Å². The van der Waals surface area contributed by atoms with Gasteiger partial charge in [-0.25, -0.2) is 0 Å². The Morgan fingerprint density at radius 3 is 2.64 bits per heavy atom. The summed E-state index contributed by atoms with van der Waals surface area (Å²) < 4.78 is 0. The van der Waals surface area contributed by atoms with Gasteiger partial charge in [0, 0.05) is 17.9 Å². The fourth-order valence-electron chi connectivity index (χ4n) is 1.62. The first kappa shape index (κ1) is 9.38. The number of nitrogen functional groups attached to an aromatic ring is 1. The second-order valence-corrected chi connectivity index (χ2v) is 4.80. The molecule has 0 bridgehead atoms. The van der Waals surface area contributed by atoms with Crippen LogP contribution in [-0.2, 0) is 0 Å². The van der Waals surface area contributed by atoms with Gasteiger partial charge in [-0.2, -0.15) is 0 Å². The van der Waals surface area contributed by atoms with E-state index in [4.69, 9.17) is 5.73 Å². The lowest BCUT2D eigenvalue weighted by Gasteiger charge is -2.12. The minimum absolute atomic E-state index is 0.540. The molecule has 0 atom stereocenters. The first-order valence-electron chi connectivity index (χ1n) is 5.18. The molecule has 76 valence electrons. The van der Waals surface area contributed by atoms with Crippen molar-refractivity contribution in [1.82, 2.24) is 0 Å². The number of benzene rings is 1. The predicted molar refractivity (Wildman–Crippen MR) is 61.4 cm³/mol. The number of hydrogen-bond donors (Lipinski definition) is 2. The van der Waals surface area contributed by atoms with Crippen LogP contribution in [-0.4, -0.2) is 6.54 Å². The Labute approximate surface area is 85.5 Å². The number of nitrogens with two attached hydrogens (primary N) is 1. The monoisotopic (exact) mass is 190 g/mol. The van der Waals surface area contributed by atoms with E-state index in [9.17, 15) is 0 Å². The van der Waals surface area contributed by atoms with Crippen LogP contribution < -0.4 is 11.1 Å². The molecule has 1 aliphatic rings. The quantitative estimate of drug-likeness (QED) is 0.719. The summed E-state index contributed by atoms with van der Waals surface area (Å²) in [4.78, 5) is 0. The molecule has 0 unspecified atom stereocenters. The third-order valence-electron chi connectivity index (χ3n) is 2.92. The van der Waals surface area contributed by atoms with Gasteiger partial charge in [0.25, 0.3) is 0 Å². The zero-order valence-corrected chi connectivity index (χ0v) is 8.93. The van der Waals surface area contributed by atoms with Gasteiger partial charge in [0.1, 0.15) is 0 Å². The molecule has 0 aliphatic heterocycles. The molecule has 0 radical (unpaired) electrons. The second-order valence-electron chi connectivity index (χ2n) is 4.80. The van der Waals surface area contributed by atoms with Crippen molar-refractivity contribution >= 4 is 11.4 Å². The van der Waals surface area contributed by atoms with Crippen molar-refractivity contribution in [2.45, 2.75) is 26.7 Å². The van der Waals surface area contributed by atoms with Crippen LogP contribution in [0.2, 0.25) is 0 Å². The maximum absolute atomic E-state index is 5.77. The first-order valence-corrected chi connectivity index (χ1v) is 5.18. The zero-order valence-electron chi connectivity index (χ0n) is 8.93. The molecule has 3 N–H and O–H groups in total. The highest BCUT2D eigenvalue weighted by Crippen LogP contribution is 2.44. The summed E-state index contributed by atoms with van der Waals surface area (Å²) in [5.74, 6) is 0. The van der Waals surface area contributed by atoms with Crippen molar-refractivity contribution < 1.29 is 0 Å². The van der Waals surface area contributed by atoms with Crippen LogP contribution in [0.3, 0.4) is 0 Å². The van der Waals surface area contributed by atoms with Gasteiger partial charge in [-0.1, -0.05) is 6.92 Å². The smallest absolute Gasteiger partial charge is 0.0363 e.